The van der Waals surface area contributed by atoms with Crippen LogP contribution in [-0.4, -0.2) is 33.9 Å². The number of amides is 3. The van der Waals surface area contributed by atoms with Crippen LogP contribution in [0, 0.1) is 0 Å². The zero-order valence-electron chi connectivity index (χ0n) is 11.4. The number of anilines is 1. The van der Waals surface area contributed by atoms with Crippen molar-refractivity contribution in [2.75, 3.05) is 11.9 Å². The minimum atomic E-state index is -0.837. The molecule has 0 atom stereocenters. The number of pyridine rings is 1. The normalized spacial score (nSPS) is 17.5. The highest BCUT2D eigenvalue weighted by Gasteiger charge is 2.44. The third-order valence-corrected chi connectivity index (χ3v) is 2.93. The smallest absolute Gasteiger partial charge is 0.325 e. The van der Waals surface area contributed by atoms with Gasteiger partial charge in [0.2, 0.25) is 0 Å². The van der Waals surface area contributed by atoms with Crippen molar-refractivity contribution in [3.63, 3.8) is 0 Å². The van der Waals surface area contributed by atoms with Gasteiger partial charge in [-0.05, 0) is 32.9 Å². The number of carbonyl (C=O) groups excluding carboxylic acids is 2. The van der Waals surface area contributed by atoms with Gasteiger partial charge < -0.3 is 10.6 Å². The lowest BCUT2D eigenvalue weighted by atomic mass is 10.1. The summed E-state index contributed by atoms with van der Waals surface area (Å²) in [6.45, 7) is 6.32. The molecule has 19 heavy (non-hydrogen) atoms. The van der Waals surface area contributed by atoms with E-state index in [0.29, 0.717) is 5.69 Å². The van der Waals surface area contributed by atoms with E-state index in [4.69, 9.17) is 0 Å². The Morgan fingerprint density at radius 1 is 1.37 bits per heavy atom. The number of hydrogen-bond donors (Lipinski definition) is 2. The van der Waals surface area contributed by atoms with Crippen LogP contribution in [0.5, 0.6) is 0 Å². The molecule has 0 aromatic carbocycles. The van der Waals surface area contributed by atoms with Crippen molar-refractivity contribution in [1.29, 1.82) is 0 Å². The molecule has 2 heterocycles. The summed E-state index contributed by atoms with van der Waals surface area (Å²) in [5, 5.41) is 5.74. The molecule has 3 amide bonds. The minimum absolute atomic E-state index is 0.188. The van der Waals surface area contributed by atoms with Gasteiger partial charge >= 0.3 is 6.03 Å². The van der Waals surface area contributed by atoms with Gasteiger partial charge in [0.1, 0.15) is 11.4 Å². The molecule has 0 aliphatic carbocycles. The van der Waals surface area contributed by atoms with Crippen LogP contribution in [0.1, 0.15) is 26.5 Å². The van der Waals surface area contributed by atoms with E-state index in [0.717, 1.165) is 12.4 Å². The summed E-state index contributed by atoms with van der Waals surface area (Å²) in [7, 11) is 0. The number of nitrogens with one attached hydrogen (secondary N) is 2. The molecule has 0 bridgehead atoms. The van der Waals surface area contributed by atoms with Gasteiger partial charge in [0.05, 0.1) is 12.2 Å². The Kier molecular flexibility index (Phi) is 3.42. The first-order valence-corrected chi connectivity index (χ1v) is 6.28. The Balaban J connectivity index is 2.15. The predicted molar refractivity (Wildman–Crippen MR) is 71.6 cm³/mol. The molecule has 0 unspecified atom stereocenters. The van der Waals surface area contributed by atoms with Crippen LogP contribution in [0.15, 0.2) is 18.2 Å². The third-order valence-electron chi connectivity index (χ3n) is 2.93. The highest BCUT2D eigenvalue weighted by atomic mass is 16.2. The highest BCUT2D eigenvalue weighted by Crippen LogP contribution is 2.19. The summed E-state index contributed by atoms with van der Waals surface area (Å²) < 4.78 is 0. The van der Waals surface area contributed by atoms with Crippen molar-refractivity contribution < 1.29 is 9.59 Å². The van der Waals surface area contributed by atoms with E-state index in [2.05, 4.69) is 15.6 Å². The molecule has 2 N–H and O–H groups in total. The fourth-order valence-corrected chi connectivity index (χ4v) is 1.97. The Bertz CT molecular complexity index is 513. The molecule has 1 aliphatic rings. The van der Waals surface area contributed by atoms with E-state index in [1.165, 1.54) is 4.90 Å². The van der Waals surface area contributed by atoms with Crippen LogP contribution in [0.3, 0.4) is 0 Å². The maximum Gasteiger partial charge on any atom is 0.325 e. The molecule has 6 nitrogen and oxygen atoms in total. The molecule has 102 valence electrons. The molecule has 1 fully saturated rings. The molecular formula is C13H18N4O2. The molecule has 1 saturated heterocycles. The van der Waals surface area contributed by atoms with Gasteiger partial charge in [-0.1, -0.05) is 6.07 Å². The van der Waals surface area contributed by atoms with Crippen molar-refractivity contribution in [2.45, 2.75) is 32.9 Å². The van der Waals surface area contributed by atoms with E-state index in [9.17, 15) is 9.59 Å². The summed E-state index contributed by atoms with van der Waals surface area (Å²) in [6, 6.07) is 5.13. The molecule has 0 spiro atoms. The van der Waals surface area contributed by atoms with Crippen LogP contribution in [-0.2, 0) is 11.3 Å². The number of imide groups is 1. The fraction of sp³-hybridized carbons (Fsp3) is 0.462. The first kappa shape index (κ1) is 13.3. The standard InChI is InChI=1S/C13H18N4O2/c1-4-14-10-7-5-6-9(15-10)8-17-11(18)13(2,3)16-12(17)19/h5-7H,4,8H2,1-3H3,(H,14,15)(H,16,19). The second-order valence-electron chi connectivity index (χ2n) is 4.99. The lowest BCUT2D eigenvalue weighted by Crippen LogP contribution is -2.40. The molecule has 2 rings (SSSR count). The largest absolute Gasteiger partial charge is 0.370 e. The first-order chi connectivity index (χ1) is 8.94. The average Bonchev–Trinajstić information content (AvgIpc) is 2.53. The maximum atomic E-state index is 12.1. The monoisotopic (exact) mass is 262 g/mol. The molecule has 1 aromatic rings. The number of hydrogen-bond acceptors (Lipinski definition) is 4. The lowest BCUT2D eigenvalue weighted by Gasteiger charge is -2.16. The average molecular weight is 262 g/mol. The number of carbonyl (C=O) groups is 2. The Morgan fingerprint density at radius 2 is 2.11 bits per heavy atom. The first-order valence-electron chi connectivity index (χ1n) is 6.28. The number of urea groups is 1. The van der Waals surface area contributed by atoms with Crippen LogP contribution in [0.2, 0.25) is 0 Å². The van der Waals surface area contributed by atoms with Gasteiger partial charge in [-0.25, -0.2) is 9.78 Å². The molecular weight excluding hydrogens is 244 g/mol. The van der Waals surface area contributed by atoms with Gasteiger partial charge in [-0.15, -0.1) is 0 Å². The van der Waals surface area contributed by atoms with E-state index in [1.54, 1.807) is 19.9 Å². The van der Waals surface area contributed by atoms with Gasteiger partial charge in [0.25, 0.3) is 5.91 Å². The summed E-state index contributed by atoms with van der Waals surface area (Å²) >= 11 is 0. The SMILES string of the molecule is CCNc1cccc(CN2C(=O)NC(C)(C)C2=O)n1. The van der Waals surface area contributed by atoms with Crippen LogP contribution in [0.4, 0.5) is 10.6 Å². The molecule has 6 heteroatoms. The number of rotatable bonds is 4. The van der Waals surface area contributed by atoms with E-state index < -0.39 is 5.54 Å². The Labute approximate surface area is 112 Å². The van der Waals surface area contributed by atoms with E-state index in [1.807, 2.05) is 19.1 Å². The summed E-state index contributed by atoms with van der Waals surface area (Å²) in [6.07, 6.45) is 0. The molecule has 0 radical (unpaired) electrons. The Hall–Kier alpha value is -2.11. The van der Waals surface area contributed by atoms with Crippen molar-refractivity contribution in [3.8, 4) is 0 Å². The van der Waals surface area contributed by atoms with Crippen LogP contribution < -0.4 is 10.6 Å². The van der Waals surface area contributed by atoms with Crippen molar-refractivity contribution >= 4 is 17.8 Å². The van der Waals surface area contributed by atoms with E-state index in [-0.39, 0.29) is 18.5 Å². The lowest BCUT2D eigenvalue weighted by molar-refractivity contribution is -0.130. The number of aromatic nitrogens is 1. The molecule has 0 saturated carbocycles. The van der Waals surface area contributed by atoms with Crippen LogP contribution >= 0.6 is 0 Å². The fourth-order valence-electron chi connectivity index (χ4n) is 1.97. The molecule has 1 aromatic heterocycles. The van der Waals surface area contributed by atoms with Crippen molar-refractivity contribution in [2.24, 2.45) is 0 Å². The quantitative estimate of drug-likeness (QED) is 0.803. The maximum absolute atomic E-state index is 12.1. The summed E-state index contributed by atoms with van der Waals surface area (Å²) in [5.74, 6) is 0.513. The topological polar surface area (TPSA) is 74.3 Å². The van der Waals surface area contributed by atoms with Crippen molar-refractivity contribution in [1.82, 2.24) is 15.2 Å². The Morgan fingerprint density at radius 3 is 2.68 bits per heavy atom. The zero-order valence-corrected chi connectivity index (χ0v) is 11.4. The predicted octanol–water partition coefficient (Wildman–Crippen LogP) is 1.34. The summed E-state index contributed by atoms with van der Waals surface area (Å²) in [4.78, 5) is 29.4. The van der Waals surface area contributed by atoms with Crippen LogP contribution in [0.25, 0.3) is 0 Å². The van der Waals surface area contributed by atoms with E-state index >= 15 is 0 Å². The number of nitrogens with zero attached hydrogens (tertiary/aromatic N) is 2. The highest BCUT2D eigenvalue weighted by molar-refractivity contribution is 6.06. The second-order valence-corrected chi connectivity index (χ2v) is 4.99. The second kappa shape index (κ2) is 4.87. The summed E-state index contributed by atoms with van der Waals surface area (Å²) in [5.41, 5.74) is -0.157. The zero-order chi connectivity index (χ0) is 14.0. The van der Waals surface area contributed by atoms with Crippen molar-refractivity contribution in [3.05, 3.63) is 23.9 Å². The van der Waals surface area contributed by atoms with Gasteiger partial charge in [0.15, 0.2) is 0 Å². The van der Waals surface area contributed by atoms with Gasteiger partial charge in [-0.2, -0.15) is 0 Å². The van der Waals surface area contributed by atoms with Gasteiger partial charge in [0, 0.05) is 6.54 Å². The van der Waals surface area contributed by atoms with Gasteiger partial charge in [-0.3, -0.25) is 9.69 Å². The minimum Gasteiger partial charge on any atom is -0.370 e. The molecule has 1 aliphatic heterocycles. The third kappa shape index (κ3) is 2.67.